The lowest BCUT2D eigenvalue weighted by molar-refractivity contribution is 0.604. The Morgan fingerprint density at radius 1 is 0.528 bits per heavy atom. The van der Waals surface area contributed by atoms with E-state index in [2.05, 4.69) is 141 Å². The lowest BCUT2D eigenvalue weighted by atomic mass is 10.0. The van der Waals surface area contributed by atoms with Crippen LogP contribution in [0.15, 0.2) is 121 Å². The van der Waals surface area contributed by atoms with Gasteiger partial charge in [-0.3, -0.25) is 0 Å². The number of aromatic nitrogens is 1. The van der Waals surface area contributed by atoms with Crippen molar-refractivity contribution in [1.29, 1.82) is 0 Å². The second-order valence-electron chi connectivity index (χ2n) is 9.57. The molecule has 2 aliphatic rings. The van der Waals surface area contributed by atoms with Gasteiger partial charge in [-0.15, -0.1) is 0 Å². The van der Waals surface area contributed by atoms with Crippen molar-refractivity contribution in [2.45, 2.75) is 12.3 Å². The molecule has 0 amide bonds. The highest BCUT2D eigenvalue weighted by molar-refractivity contribution is 6.09. The lowest BCUT2D eigenvalue weighted by Crippen LogP contribution is -2.40. The van der Waals surface area contributed by atoms with Crippen LogP contribution >= 0.6 is 0 Å². The normalized spacial score (nSPS) is 17.8. The fraction of sp³-hybridized carbons (Fsp3) is 0.0625. The van der Waals surface area contributed by atoms with Crippen molar-refractivity contribution in [1.82, 2.24) is 4.57 Å². The van der Waals surface area contributed by atoms with Crippen molar-refractivity contribution in [3.05, 3.63) is 132 Å². The van der Waals surface area contributed by atoms with Crippen molar-refractivity contribution in [3.8, 4) is 5.69 Å². The summed E-state index contributed by atoms with van der Waals surface area (Å²) in [6, 6.07) is 43.5. The molecule has 2 atom stereocenters. The Hall–Kier alpha value is -4.70. The molecule has 0 bridgehead atoms. The predicted molar refractivity (Wildman–Crippen MR) is 149 cm³/mol. The SMILES string of the molecule is c1ccc(C2Nc3ccc(-n4c5ccccc5c5ccccc54)cc3C3Nc4ccccc4N23)cc1. The quantitative estimate of drug-likeness (QED) is 0.274. The molecule has 3 heterocycles. The van der Waals surface area contributed by atoms with E-state index in [0.29, 0.717) is 0 Å². The van der Waals surface area contributed by atoms with Gasteiger partial charge in [0.25, 0.3) is 0 Å². The summed E-state index contributed by atoms with van der Waals surface area (Å²) in [5.74, 6) is 0. The summed E-state index contributed by atoms with van der Waals surface area (Å²) in [5, 5.41) is 10.2. The van der Waals surface area contributed by atoms with E-state index in [1.165, 1.54) is 50.0 Å². The molecule has 0 fully saturated rings. The predicted octanol–water partition coefficient (Wildman–Crippen LogP) is 7.84. The molecule has 1 aromatic heterocycles. The summed E-state index contributed by atoms with van der Waals surface area (Å²) in [7, 11) is 0. The third-order valence-corrected chi connectivity index (χ3v) is 7.61. The number of benzene rings is 5. The van der Waals surface area contributed by atoms with Crippen LogP contribution in [-0.2, 0) is 0 Å². The first kappa shape index (κ1) is 19.6. The molecule has 4 heteroatoms. The number of nitrogens with one attached hydrogen (secondary N) is 2. The first-order chi connectivity index (χ1) is 17.9. The number of hydrogen-bond acceptors (Lipinski definition) is 3. The maximum absolute atomic E-state index is 3.85. The van der Waals surface area contributed by atoms with Gasteiger partial charge >= 0.3 is 0 Å². The largest absolute Gasteiger partial charge is 0.361 e. The van der Waals surface area contributed by atoms with Gasteiger partial charge in [0.05, 0.1) is 22.4 Å². The standard InChI is InChI=1S/C32H24N4/c1-2-10-21(11-3-1)31-33-26-19-18-22(20-25(26)32-34-27-14-6-9-17-30(27)36(31)32)35-28-15-7-4-12-23(28)24-13-5-8-16-29(24)35/h1-20,31-34H. The minimum Gasteiger partial charge on any atom is -0.361 e. The Morgan fingerprint density at radius 3 is 1.94 bits per heavy atom. The molecule has 5 aromatic carbocycles. The molecule has 0 spiro atoms. The van der Waals surface area contributed by atoms with Gasteiger partial charge in [-0.05, 0) is 48.0 Å². The van der Waals surface area contributed by atoms with Crippen molar-refractivity contribution in [2.24, 2.45) is 0 Å². The average Bonchev–Trinajstić information content (AvgIpc) is 3.50. The molecule has 6 aromatic rings. The first-order valence-corrected chi connectivity index (χ1v) is 12.4. The van der Waals surface area contributed by atoms with Crippen LogP contribution < -0.4 is 15.5 Å². The van der Waals surface area contributed by atoms with E-state index in [4.69, 9.17) is 0 Å². The van der Waals surface area contributed by atoms with Crippen molar-refractivity contribution in [2.75, 3.05) is 15.5 Å². The molecule has 36 heavy (non-hydrogen) atoms. The van der Waals surface area contributed by atoms with E-state index >= 15 is 0 Å². The van der Waals surface area contributed by atoms with Gasteiger partial charge < -0.3 is 20.1 Å². The van der Waals surface area contributed by atoms with Crippen LogP contribution in [-0.4, -0.2) is 4.57 Å². The Bertz CT molecular complexity index is 1720. The van der Waals surface area contributed by atoms with Crippen LogP contribution in [0.5, 0.6) is 0 Å². The van der Waals surface area contributed by atoms with Crippen molar-refractivity contribution in [3.63, 3.8) is 0 Å². The van der Waals surface area contributed by atoms with Crippen LogP contribution in [0.3, 0.4) is 0 Å². The Balaban J connectivity index is 1.34. The highest BCUT2D eigenvalue weighted by Crippen LogP contribution is 2.51. The highest BCUT2D eigenvalue weighted by Gasteiger charge is 2.40. The fourth-order valence-electron chi connectivity index (χ4n) is 6.04. The van der Waals surface area contributed by atoms with Gasteiger partial charge in [0.15, 0.2) is 0 Å². The highest BCUT2D eigenvalue weighted by atomic mass is 15.4. The van der Waals surface area contributed by atoms with E-state index in [9.17, 15) is 0 Å². The number of fused-ring (bicyclic) bond motifs is 8. The summed E-state index contributed by atoms with van der Waals surface area (Å²) in [6.07, 6.45) is 0.0795. The molecular formula is C32H24N4. The Labute approximate surface area is 209 Å². The molecule has 2 unspecified atom stereocenters. The third kappa shape index (κ3) is 2.70. The molecule has 4 nitrogen and oxygen atoms in total. The van der Waals surface area contributed by atoms with E-state index in [-0.39, 0.29) is 12.3 Å². The molecule has 2 N–H and O–H groups in total. The van der Waals surface area contributed by atoms with Gasteiger partial charge in [-0.1, -0.05) is 78.9 Å². The van der Waals surface area contributed by atoms with Gasteiger partial charge in [0.1, 0.15) is 12.3 Å². The second-order valence-corrected chi connectivity index (χ2v) is 9.57. The average molecular weight is 465 g/mol. The zero-order valence-electron chi connectivity index (χ0n) is 19.6. The van der Waals surface area contributed by atoms with E-state index in [1.807, 2.05) is 0 Å². The molecule has 8 rings (SSSR count). The van der Waals surface area contributed by atoms with Gasteiger partial charge in [0, 0.05) is 27.7 Å². The van der Waals surface area contributed by atoms with Gasteiger partial charge in [-0.25, -0.2) is 0 Å². The number of rotatable bonds is 2. The van der Waals surface area contributed by atoms with Crippen LogP contribution in [0, 0.1) is 0 Å². The lowest BCUT2D eigenvalue weighted by Gasteiger charge is -2.42. The smallest absolute Gasteiger partial charge is 0.130 e. The minimum absolute atomic E-state index is 0.0388. The Kier molecular flexibility index (Phi) is 4.03. The van der Waals surface area contributed by atoms with E-state index in [0.717, 1.165) is 5.69 Å². The maximum atomic E-state index is 3.85. The molecule has 0 radical (unpaired) electrons. The molecule has 172 valence electrons. The van der Waals surface area contributed by atoms with Gasteiger partial charge in [-0.2, -0.15) is 0 Å². The van der Waals surface area contributed by atoms with Crippen LogP contribution in [0.4, 0.5) is 17.1 Å². The summed E-state index contributed by atoms with van der Waals surface area (Å²) in [4.78, 5) is 2.47. The summed E-state index contributed by atoms with van der Waals surface area (Å²) in [5.41, 5.74) is 9.67. The zero-order chi connectivity index (χ0) is 23.6. The maximum Gasteiger partial charge on any atom is 0.130 e. The summed E-state index contributed by atoms with van der Waals surface area (Å²) < 4.78 is 2.39. The molecule has 0 saturated heterocycles. The summed E-state index contributed by atoms with van der Waals surface area (Å²) >= 11 is 0. The third-order valence-electron chi connectivity index (χ3n) is 7.61. The minimum atomic E-state index is 0.0388. The monoisotopic (exact) mass is 464 g/mol. The fourth-order valence-corrected chi connectivity index (χ4v) is 6.04. The van der Waals surface area contributed by atoms with Crippen molar-refractivity contribution < 1.29 is 0 Å². The number of anilines is 3. The number of para-hydroxylation sites is 4. The van der Waals surface area contributed by atoms with Crippen LogP contribution in [0.2, 0.25) is 0 Å². The summed E-state index contributed by atoms with van der Waals surface area (Å²) in [6.45, 7) is 0. The first-order valence-electron chi connectivity index (χ1n) is 12.4. The second kappa shape index (κ2) is 7.40. The Morgan fingerprint density at radius 2 is 1.17 bits per heavy atom. The van der Waals surface area contributed by atoms with Crippen LogP contribution in [0.25, 0.3) is 27.5 Å². The van der Waals surface area contributed by atoms with E-state index in [1.54, 1.807) is 0 Å². The molecule has 2 aliphatic heterocycles. The van der Waals surface area contributed by atoms with Crippen molar-refractivity contribution >= 4 is 38.9 Å². The number of nitrogens with zero attached hydrogens (tertiary/aromatic N) is 2. The van der Waals surface area contributed by atoms with Gasteiger partial charge in [0.2, 0.25) is 0 Å². The topological polar surface area (TPSA) is 32.2 Å². The molecule has 0 saturated carbocycles. The number of hydrogen-bond donors (Lipinski definition) is 2. The molecular weight excluding hydrogens is 440 g/mol. The molecule has 0 aliphatic carbocycles. The zero-order valence-corrected chi connectivity index (χ0v) is 19.6. The van der Waals surface area contributed by atoms with Crippen LogP contribution in [0.1, 0.15) is 23.5 Å². The van der Waals surface area contributed by atoms with E-state index < -0.39 is 0 Å².